The highest BCUT2D eigenvalue weighted by molar-refractivity contribution is 7.98. The molecule has 0 aliphatic carbocycles. The second-order valence-corrected chi connectivity index (χ2v) is 8.07. The summed E-state index contributed by atoms with van der Waals surface area (Å²) in [4.78, 5) is 9.02. The van der Waals surface area contributed by atoms with Gasteiger partial charge in [-0.3, -0.25) is 4.98 Å². The minimum atomic E-state index is 0.500. The normalized spacial score (nSPS) is 11.2. The third kappa shape index (κ3) is 4.06. The lowest BCUT2D eigenvalue weighted by atomic mass is 10.0. The van der Waals surface area contributed by atoms with Crippen LogP contribution in [0.4, 0.5) is 0 Å². The number of hydrogen-bond acceptors (Lipinski definition) is 7. The van der Waals surface area contributed by atoms with E-state index in [1.54, 1.807) is 34.0 Å². The van der Waals surface area contributed by atoms with Crippen molar-refractivity contribution < 1.29 is 0 Å². The lowest BCUT2D eigenvalue weighted by Crippen LogP contribution is -2.00. The standard InChI is InChI=1S/C19H18N6S2/c1-13(2)14-6-8-16(9-7-14)25-19(22-23-24-25)27-12-15-11-26-18(21-15)17-5-3-4-10-20-17/h3-11,13H,12H2,1-2H3. The average molecular weight is 395 g/mol. The predicted molar refractivity (Wildman–Crippen MR) is 108 cm³/mol. The Balaban J connectivity index is 1.47. The average Bonchev–Trinajstić information content (AvgIpc) is 3.36. The van der Waals surface area contributed by atoms with Crippen LogP contribution in [0.1, 0.15) is 31.0 Å². The first-order chi connectivity index (χ1) is 13.2. The van der Waals surface area contributed by atoms with E-state index in [1.165, 1.54) is 5.56 Å². The summed E-state index contributed by atoms with van der Waals surface area (Å²) in [5.74, 6) is 1.20. The Bertz CT molecular complexity index is 1010. The largest absolute Gasteiger partial charge is 0.254 e. The van der Waals surface area contributed by atoms with Crippen molar-refractivity contribution in [3.63, 3.8) is 0 Å². The van der Waals surface area contributed by atoms with Gasteiger partial charge in [0, 0.05) is 17.3 Å². The van der Waals surface area contributed by atoms with Crippen molar-refractivity contribution in [1.82, 2.24) is 30.2 Å². The van der Waals surface area contributed by atoms with Crippen LogP contribution in [-0.2, 0) is 5.75 Å². The van der Waals surface area contributed by atoms with E-state index < -0.39 is 0 Å². The molecule has 0 atom stereocenters. The molecule has 3 aromatic heterocycles. The van der Waals surface area contributed by atoms with Crippen LogP contribution < -0.4 is 0 Å². The van der Waals surface area contributed by atoms with Crippen molar-refractivity contribution >= 4 is 23.1 Å². The topological polar surface area (TPSA) is 69.4 Å². The SMILES string of the molecule is CC(C)c1ccc(-n2nnnc2SCc2csc(-c3ccccn3)n2)cc1. The van der Waals surface area contributed by atoms with E-state index in [0.29, 0.717) is 11.7 Å². The van der Waals surface area contributed by atoms with E-state index in [4.69, 9.17) is 0 Å². The van der Waals surface area contributed by atoms with Gasteiger partial charge in [-0.25, -0.2) is 4.98 Å². The van der Waals surface area contributed by atoms with Crippen LogP contribution in [0, 0.1) is 0 Å². The van der Waals surface area contributed by atoms with E-state index in [9.17, 15) is 0 Å². The van der Waals surface area contributed by atoms with E-state index in [0.717, 1.165) is 27.2 Å². The van der Waals surface area contributed by atoms with Crippen molar-refractivity contribution in [3.8, 4) is 16.4 Å². The van der Waals surface area contributed by atoms with Gasteiger partial charge in [0.15, 0.2) is 0 Å². The van der Waals surface area contributed by atoms with Crippen LogP contribution in [0.15, 0.2) is 59.2 Å². The van der Waals surface area contributed by atoms with Gasteiger partial charge in [-0.1, -0.05) is 43.8 Å². The molecule has 8 heteroatoms. The molecule has 0 unspecified atom stereocenters. The number of aromatic nitrogens is 6. The van der Waals surface area contributed by atoms with E-state index in [2.05, 4.69) is 69.0 Å². The van der Waals surface area contributed by atoms with Crippen LogP contribution in [0.5, 0.6) is 0 Å². The lowest BCUT2D eigenvalue weighted by molar-refractivity contribution is 0.754. The Kier molecular flexibility index (Phi) is 5.26. The van der Waals surface area contributed by atoms with Crippen molar-refractivity contribution in [1.29, 1.82) is 0 Å². The van der Waals surface area contributed by atoms with Crippen LogP contribution in [-0.4, -0.2) is 30.2 Å². The number of tetrazole rings is 1. The third-order valence-electron chi connectivity index (χ3n) is 4.03. The molecule has 27 heavy (non-hydrogen) atoms. The van der Waals surface area contributed by atoms with Gasteiger partial charge in [0.2, 0.25) is 5.16 Å². The van der Waals surface area contributed by atoms with Gasteiger partial charge in [-0.05, 0) is 46.2 Å². The first kappa shape index (κ1) is 17.8. The number of pyridine rings is 1. The van der Waals surface area contributed by atoms with Gasteiger partial charge < -0.3 is 0 Å². The zero-order valence-electron chi connectivity index (χ0n) is 15.0. The Morgan fingerprint density at radius 1 is 1.11 bits per heavy atom. The molecular weight excluding hydrogens is 376 g/mol. The second kappa shape index (κ2) is 7.98. The molecule has 0 saturated carbocycles. The van der Waals surface area contributed by atoms with E-state index in [1.807, 2.05) is 18.2 Å². The molecule has 1 aromatic carbocycles. The predicted octanol–water partition coefficient (Wildman–Crippen LogP) is 4.60. The number of rotatable bonds is 6. The van der Waals surface area contributed by atoms with E-state index >= 15 is 0 Å². The number of thioether (sulfide) groups is 1. The Morgan fingerprint density at radius 3 is 2.70 bits per heavy atom. The molecule has 3 heterocycles. The molecule has 0 amide bonds. The number of nitrogens with zero attached hydrogens (tertiary/aromatic N) is 6. The molecule has 0 saturated heterocycles. The smallest absolute Gasteiger partial charge is 0.214 e. The minimum Gasteiger partial charge on any atom is -0.254 e. The first-order valence-electron chi connectivity index (χ1n) is 8.58. The fraction of sp³-hybridized carbons (Fsp3) is 0.211. The quantitative estimate of drug-likeness (QED) is 0.445. The zero-order chi connectivity index (χ0) is 18.6. The Morgan fingerprint density at radius 2 is 1.96 bits per heavy atom. The van der Waals surface area contributed by atoms with Crippen LogP contribution in [0.25, 0.3) is 16.4 Å². The van der Waals surface area contributed by atoms with Gasteiger partial charge in [-0.15, -0.1) is 16.4 Å². The lowest BCUT2D eigenvalue weighted by Gasteiger charge is -2.07. The van der Waals surface area contributed by atoms with Crippen LogP contribution in [0.3, 0.4) is 0 Å². The molecule has 0 aliphatic rings. The number of thiazole rings is 1. The van der Waals surface area contributed by atoms with Crippen molar-refractivity contribution in [2.45, 2.75) is 30.7 Å². The van der Waals surface area contributed by atoms with Crippen LogP contribution >= 0.6 is 23.1 Å². The molecule has 6 nitrogen and oxygen atoms in total. The van der Waals surface area contributed by atoms with Crippen molar-refractivity contribution in [2.75, 3.05) is 0 Å². The summed E-state index contributed by atoms with van der Waals surface area (Å²) >= 11 is 3.17. The number of benzene rings is 1. The fourth-order valence-electron chi connectivity index (χ4n) is 2.55. The highest BCUT2D eigenvalue weighted by atomic mass is 32.2. The van der Waals surface area contributed by atoms with Crippen molar-refractivity contribution in [3.05, 3.63) is 65.3 Å². The summed E-state index contributed by atoms with van der Waals surface area (Å²) in [5.41, 5.74) is 4.15. The Labute approximate surface area is 165 Å². The maximum absolute atomic E-state index is 4.67. The van der Waals surface area contributed by atoms with E-state index in [-0.39, 0.29) is 0 Å². The van der Waals surface area contributed by atoms with Gasteiger partial charge in [0.05, 0.1) is 17.1 Å². The molecular formula is C19H18N6S2. The van der Waals surface area contributed by atoms with Crippen molar-refractivity contribution in [2.24, 2.45) is 0 Å². The summed E-state index contributed by atoms with van der Waals surface area (Å²) in [6, 6.07) is 14.2. The summed E-state index contributed by atoms with van der Waals surface area (Å²) in [7, 11) is 0. The monoisotopic (exact) mass is 394 g/mol. The molecule has 0 bridgehead atoms. The molecule has 0 spiro atoms. The fourth-order valence-corrected chi connectivity index (χ4v) is 4.23. The highest BCUT2D eigenvalue weighted by Crippen LogP contribution is 2.27. The minimum absolute atomic E-state index is 0.500. The Hall–Kier alpha value is -2.58. The third-order valence-corrected chi connectivity index (χ3v) is 5.90. The molecule has 136 valence electrons. The van der Waals surface area contributed by atoms with Gasteiger partial charge in [-0.2, -0.15) is 4.68 Å². The van der Waals surface area contributed by atoms with Gasteiger partial charge >= 0.3 is 0 Å². The molecule has 4 aromatic rings. The molecule has 0 N–H and O–H groups in total. The molecule has 4 rings (SSSR count). The highest BCUT2D eigenvalue weighted by Gasteiger charge is 2.12. The van der Waals surface area contributed by atoms with Gasteiger partial charge in [0.1, 0.15) is 5.01 Å². The first-order valence-corrected chi connectivity index (χ1v) is 10.4. The van der Waals surface area contributed by atoms with Crippen LogP contribution in [0.2, 0.25) is 0 Å². The maximum Gasteiger partial charge on any atom is 0.214 e. The summed E-state index contributed by atoms with van der Waals surface area (Å²) in [6.45, 7) is 4.36. The molecule has 0 fully saturated rings. The maximum atomic E-state index is 4.67. The number of hydrogen-bond donors (Lipinski definition) is 0. The summed E-state index contributed by atoms with van der Waals surface area (Å²) < 4.78 is 1.76. The summed E-state index contributed by atoms with van der Waals surface area (Å²) in [5, 5.41) is 15.9. The van der Waals surface area contributed by atoms with Gasteiger partial charge in [0.25, 0.3) is 0 Å². The molecule has 0 aliphatic heterocycles. The molecule has 0 radical (unpaired) electrons. The second-order valence-electron chi connectivity index (χ2n) is 6.27. The summed E-state index contributed by atoms with van der Waals surface area (Å²) in [6.07, 6.45) is 1.78. The zero-order valence-corrected chi connectivity index (χ0v) is 16.6.